The summed E-state index contributed by atoms with van der Waals surface area (Å²) in [5.41, 5.74) is 6.56. The summed E-state index contributed by atoms with van der Waals surface area (Å²) in [5, 5.41) is 0.810. The number of carbonyl (C=O) groups excluding carboxylic acids is 1. The van der Waals surface area contributed by atoms with Crippen molar-refractivity contribution in [2.24, 2.45) is 17.6 Å². The zero-order valence-corrected chi connectivity index (χ0v) is 20.2. The standard InChI is InChI=1S/C8H18.C7H7Cl.C5H10O.C4H11N/c1-4-6-8(3)7-5-2;1-6-3-2-4-7(8)5-6;1-3-5(2)4-6;1-4(2,3)5/h8H,4-7H2,1-3H3;2-5H,1H3;4-5H,3H2,1-2H3;5H2,1-3H3. The van der Waals surface area contributed by atoms with E-state index in [4.69, 9.17) is 17.3 Å². The van der Waals surface area contributed by atoms with Crippen LogP contribution in [0.2, 0.25) is 5.02 Å². The minimum atomic E-state index is 0. The van der Waals surface area contributed by atoms with Gasteiger partial charge in [0.15, 0.2) is 0 Å². The second-order valence-electron chi connectivity index (χ2n) is 8.37. The third-order valence-electron chi connectivity index (χ3n) is 3.42. The molecular weight excluding hydrogens is 354 g/mol. The summed E-state index contributed by atoms with van der Waals surface area (Å²) in [6, 6.07) is 7.76. The Hall–Kier alpha value is -0.860. The van der Waals surface area contributed by atoms with Gasteiger partial charge >= 0.3 is 0 Å². The predicted molar refractivity (Wildman–Crippen MR) is 125 cm³/mol. The van der Waals surface area contributed by atoms with Gasteiger partial charge in [-0.05, 0) is 57.7 Å². The number of nitrogens with two attached hydrogens (primary N) is 1. The maximum absolute atomic E-state index is 9.74. The van der Waals surface area contributed by atoms with Crippen LogP contribution < -0.4 is 5.73 Å². The molecule has 1 aromatic rings. The van der Waals surface area contributed by atoms with Crippen LogP contribution in [0.5, 0.6) is 0 Å². The van der Waals surface area contributed by atoms with Crippen LogP contribution in [0.4, 0.5) is 0 Å². The van der Waals surface area contributed by atoms with Crippen molar-refractivity contribution in [1.29, 1.82) is 0 Å². The Balaban J connectivity index is -0.000000290. The fraction of sp³-hybridized carbons (Fsp3) is 0.708. The molecule has 0 spiro atoms. The molecule has 0 bridgehead atoms. The average Bonchev–Trinajstić information content (AvgIpc) is 2.54. The molecule has 2 N–H and O–H groups in total. The van der Waals surface area contributed by atoms with Gasteiger partial charge in [-0.1, -0.05) is 84.0 Å². The average molecular weight is 400 g/mol. The lowest BCUT2D eigenvalue weighted by Crippen LogP contribution is -2.26. The lowest BCUT2D eigenvalue weighted by Gasteiger charge is -2.06. The molecule has 0 heterocycles. The molecule has 160 valence electrons. The molecule has 0 radical (unpaired) electrons. The van der Waals surface area contributed by atoms with Gasteiger partial charge in [-0.3, -0.25) is 0 Å². The van der Waals surface area contributed by atoms with Crippen molar-refractivity contribution in [3.05, 3.63) is 34.9 Å². The summed E-state index contributed by atoms with van der Waals surface area (Å²) in [7, 11) is 0. The fourth-order valence-corrected chi connectivity index (χ4v) is 2.08. The maximum atomic E-state index is 9.74. The fourth-order valence-electron chi connectivity index (χ4n) is 1.83. The Morgan fingerprint density at radius 1 is 1.07 bits per heavy atom. The second kappa shape index (κ2) is 19.9. The van der Waals surface area contributed by atoms with Gasteiger partial charge < -0.3 is 10.5 Å². The number of halogens is 1. The molecule has 0 saturated carbocycles. The van der Waals surface area contributed by atoms with Crippen molar-refractivity contribution in [3.8, 4) is 0 Å². The molecule has 0 fully saturated rings. The highest BCUT2D eigenvalue weighted by Crippen LogP contribution is 2.10. The van der Waals surface area contributed by atoms with Gasteiger partial charge in [-0.15, -0.1) is 0 Å². The Labute approximate surface area is 175 Å². The van der Waals surface area contributed by atoms with E-state index < -0.39 is 0 Å². The van der Waals surface area contributed by atoms with Crippen LogP contribution in [0, 0.1) is 18.8 Å². The van der Waals surface area contributed by atoms with Crippen LogP contribution in [0.3, 0.4) is 0 Å². The third kappa shape index (κ3) is 36.7. The van der Waals surface area contributed by atoms with Crippen molar-refractivity contribution in [2.75, 3.05) is 0 Å². The van der Waals surface area contributed by atoms with E-state index in [-0.39, 0.29) is 11.5 Å². The molecular formula is C24H46ClNO. The second-order valence-corrected chi connectivity index (χ2v) is 8.81. The highest BCUT2D eigenvalue weighted by Gasteiger charge is 1.96. The number of carbonyl (C=O) groups is 1. The van der Waals surface area contributed by atoms with E-state index in [1.54, 1.807) is 0 Å². The molecule has 0 amide bonds. The van der Waals surface area contributed by atoms with E-state index in [0.717, 1.165) is 23.6 Å². The van der Waals surface area contributed by atoms with Crippen molar-refractivity contribution in [2.45, 2.75) is 100.0 Å². The predicted octanol–water partition coefficient (Wildman–Crippen LogP) is 7.85. The van der Waals surface area contributed by atoms with Gasteiger partial charge in [0.2, 0.25) is 0 Å². The number of aldehydes is 1. The van der Waals surface area contributed by atoms with Gasteiger partial charge in [0.05, 0.1) is 0 Å². The smallest absolute Gasteiger partial charge is 0.122 e. The summed E-state index contributed by atoms with van der Waals surface area (Å²) in [4.78, 5) is 9.74. The van der Waals surface area contributed by atoms with Crippen molar-refractivity contribution in [3.63, 3.8) is 0 Å². The van der Waals surface area contributed by atoms with Crippen LogP contribution in [-0.2, 0) is 4.79 Å². The maximum Gasteiger partial charge on any atom is 0.122 e. The van der Waals surface area contributed by atoms with Crippen molar-refractivity contribution >= 4 is 17.9 Å². The third-order valence-corrected chi connectivity index (χ3v) is 3.65. The first-order valence-corrected chi connectivity index (χ1v) is 10.7. The van der Waals surface area contributed by atoms with Gasteiger partial charge in [0.1, 0.15) is 6.29 Å². The molecule has 1 aromatic carbocycles. The molecule has 1 atom stereocenters. The molecule has 0 aliphatic carbocycles. The quantitative estimate of drug-likeness (QED) is 0.494. The molecule has 2 nitrogen and oxygen atoms in total. The SMILES string of the molecule is CC(C)(C)N.CCC(C)C=O.CCCC(C)CCC.Cc1cccc(Cl)c1. The van der Waals surface area contributed by atoms with Crippen molar-refractivity contribution in [1.82, 2.24) is 0 Å². The summed E-state index contributed by atoms with van der Waals surface area (Å²) >= 11 is 5.64. The van der Waals surface area contributed by atoms with Gasteiger partial charge in [-0.2, -0.15) is 0 Å². The topological polar surface area (TPSA) is 43.1 Å². The van der Waals surface area contributed by atoms with E-state index >= 15 is 0 Å². The van der Waals surface area contributed by atoms with E-state index in [0.29, 0.717) is 0 Å². The summed E-state index contributed by atoms with van der Waals surface area (Å²) in [5.74, 6) is 1.22. The zero-order chi connectivity index (χ0) is 21.9. The molecule has 0 aromatic heterocycles. The lowest BCUT2D eigenvalue weighted by atomic mass is 10.0. The summed E-state index contributed by atoms with van der Waals surface area (Å²) in [6.07, 6.45) is 7.45. The van der Waals surface area contributed by atoms with Crippen LogP contribution >= 0.6 is 11.6 Å². The Morgan fingerprint density at radius 3 is 1.70 bits per heavy atom. The first-order valence-electron chi connectivity index (χ1n) is 10.4. The Morgan fingerprint density at radius 2 is 1.52 bits per heavy atom. The molecule has 3 heteroatoms. The molecule has 27 heavy (non-hydrogen) atoms. The van der Waals surface area contributed by atoms with E-state index in [1.165, 1.54) is 31.2 Å². The highest BCUT2D eigenvalue weighted by molar-refractivity contribution is 6.30. The van der Waals surface area contributed by atoms with E-state index in [9.17, 15) is 4.79 Å². The number of benzene rings is 1. The molecule has 0 aliphatic heterocycles. The molecule has 1 rings (SSSR count). The monoisotopic (exact) mass is 399 g/mol. The summed E-state index contributed by atoms with van der Waals surface area (Å²) < 4.78 is 0. The van der Waals surface area contributed by atoms with Crippen LogP contribution in [0.1, 0.15) is 93.1 Å². The largest absolute Gasteiger partial charge is 0.326 e. The molecule has 0 aliphatic rings. The minimum absolute atomic E-state index is 0. The normalized spacial score (nSPS) is 11.1. The number of aryl methyl sites for hydroxylation is 1. The summed E-state index contributed by atoms with van der Waals surface area (Å²) in [6.45, 7) is 18.7. The van der Waals surface area contributed by atoms with Gasteiger partial charge in [0.25, 0.3) is 0 Å². The molecule has 0 saturated heterocycles. The Kier molecular flexibility index (Phi) is 22.7. The first-order chi connectivity index (χ1) is 12.4. The van der Waals surface area contributed by atoms with Crippen molar-refractivity contribution < 1.29 is 4.79 Å². The number of hydrogen-bond acceptors (Lipinski definition) is 2. The molecule has 1 unspecified atom stereocenters. The van der Waals surface area contributed by atoms with Crippen LogP contribution in [0.25, 0.3) is 0 Å². The van der Waals surface area contributed by atoms with Crippen LogP contribution in [0.15, 0.2) is 24.3 Å². The lowest BCUT2D eigenvalue weighted by molar-refractivity contribution is -0.110. The van der Waals surface area contributed by atoms with E-state index in [1.807, 2.05) is 65.8 Å². The number of hydrogen-bond donors (Lipinski definition) is 1. The highest BCUT2D eigenvalue weighted by atomic mass is 35.5. The number of rotatable bonds is 6. The van der Waals surface area contributed by atoms with Gasteiger partial charge in [0, 0.05) is 16.5 Å². The first kappa shape index (κ1) is 30.9. The zero-order valence-electron chi connectivity index (χ0n) is 19.4. The van der Waals surface area contributed by atoms with Gasteiger partial charge in [-0.25, -0.2) is 0 Å². The van der Waals surface area contributed by atoms with E-state index in [2.05, 4.69) is 20.8 Å². The minimum Gasteiger partial charge on any atom is -0.326 e. The Bertz CT molecular complexity index is 411. The van der Waals surface area contributed by atoms with Crippen LogP contribution in [-0.4, -0.2) is 11.8 Å².